The van der Waals surface area contributed by atoms with Gasteiger partial charge in [-0.15, -0.1) is 0 Å². The Bertz CT molecular complexity index is 333. The van der Waals surface area contributed by atoms with Gasteiger partial charge in [-0.2, -0.15) is 0 Å². The molecule has 1 N–H and O–H groups in total. The van der Waals surface area contributed by atoms with Crippen LogP contribution in [0.3, 0.4) is 0 Å². The lowest BCUT2D eigenvalue weighted by Gasteiger charge is -2.22. The molecule has 100 valence electrons. The summed E-state index contributed by atoms with van der Waals surface area (Å²) >= 11 is 0. The van der Waals surface area contributed by atoms with Gasteiger partial charge >= 0.3 is 0 Å². The van der Waals surface area contributed by atoms with Crippen molar-refractivity contribution in [2.24, 2.45) is 5.92 Å². The smallest absolute Gasteiger partial charge is 0.0294 e. The van der Waals surface area contributed by atoms with Crippen LogP contribution in [0.1, 0.15) is 64.0 Å². The quantitative estimate of drug-likeness (QED) is 0.758. The Hall–Kier alpha value is -0.820. The fourth-order valence-electron chi connectivity index (χ4n) is 3.14. The Morgan fingerprint density at radius 2 is 1.89 bits per heavy atom. The summed E-state index contributed by atoms with van der Waals surface area (Å²) < 4.78 is 0. The van der Waals surface area contributed by atoms with E-state index in [1.54, 1.807) is 0 Å². The number of benzene rings is 1. The molecule has 1 aromatic carbocycles. The van der Waals surface area contributed by atoms with Gasteiger partial charge in [-0.1, -0.05) is 56.5 Å². The number of hydrogen-bond donors (Lipinski definition) is 1. The van der Waals surface area contributed by atoms with Crippen molar-refractivity contribution in [1.29, 1.82) is 0 Å². The van der Waals surface area contributed by atoms with Gasteiger partial charge in [0.25, 0.3) is 0 Å². The van der Waals surface area contributed by atoms with Crippen molar-refractivity contribution < 1.29 is 0 Å². The van der Waals surface area contributed by atoms with Gasteiger partial charge in [-0.05, 0) is 37.7 Å². The molecule has 1 saturated carbocycles. The first kappa shape index (κ1) is 13.6. The van der Waals surface area contributed by atoms with E-state index in [1.807, 2.05) is 0 Å². The number of hydrogen-bond acceptors (Lipinski definition) is 1. The first-order valence-corrected chi connectivity index (χ1v) is 7.60. The second-order valence-corrected chi connectivity index (χ2v) is 5.78. The molecule has 0 saturated heterocycles. The van der Waals surface area contributed by atoms with E-state index in [2.05, 4.69) is 49.5 Å². The molecule has 0 aromatic heterocycles. The first-order chi connectivity index (χ1) is 8.79. The summed E-state index contributed by atoms with van der Waals surface area (Å²) in [5, 5.41) is 3.82. The van der Waals surface area contributed by atoms with Gasteiger partial charge in [0.2, 0.25) is 0 Å². The van der Waals surface area contributed by atoms with Crippen LogP contribution in [0, 0.1) is 5.92 Å². The maximum absolute atomic E-state index is 3.82. The van der Waals surface area contributed by atoms with Crippen molar-refractivity contribution in [2.45, 2.75) is 64.5 Å². The molecule has 0 bridgehead atoms. The van der Waals surface area contributed by atoms with Crippen LogP contribution in [-0.4, -0.2) is 6.04 Å². The first-order valence-electron chi connectivity index (χ1n) is 7.60. The van der Waals surface area contributed by atoms with Gasteiger partial charge in [-0.25, -0.2) is 0 Å². The van der Waals surface area contributed by atoms with E-state index in [-0.39, 0.29) is 0 Å². The van der Waals surface area contributed by atoms with Crippen molar-refractivity contribution in [2.75, 3.05) is 0 Å². The Balaban J connectivity index is 1.86. The summed E-state index contributed by atoms with van der Waals surface area (Å²) in [4.78, 5) is 0. The van der Waals surface area contributed by atoms with Gasteiger partial charge in [-0.3, -0.25) is 0 Å². The lowest BCUT2D eigenvalue weighted by molar-refractivity contribution is 0.400. The highest BCUT2D eigenvalue weighted by molar-refractivity contribution is 5.18. The minimum absolute atomic E-state index is 0.481. The van der Waals surface area contributed by atoms with Crippen LogP contribution < -0.4 is 5.32 Å². The SMILES string of the molecule is CCC1CCCC(N[C@H](C)c2ccccc2)CC1. The molecule has 0 amide bonds. The molecular weight excluding hydrogens is 218 g/mol. The van der Waals surface area contributed by atoms with Gasteiger partial charge in [0.15, 0.2) is 0 Å². The van der Waals surface area contributed by atoms with Gasteiger partial charge in [0.05, 0.1) is 0 Å². The van der Waals surface area contributed by atoms with E-state index in [9.17, 15) is 0 Å². The summed E-state index contributed by atoms with van der Waals surface area (Å²) in [6.07, 6.45) is 8.33. The van der Waals surface area contributed by atoms with Crippen LogP contribution in [-0.2, 0) is 0 Å². The number of rotatable bonds is 4. The van der Waals surface area contributed by atoms with Crippen molar-refractivity contribution >= 4 is 0 Å². The minimum Gasteiger partial charge on any atom is -0.307 e. The minimum atomic E-state index is 0.481. The molecule has 0 aliphatic heterocycles. The molecule has 0 radical (unpaired) electrons. The van der Waals surface area contributed by atoms with Crippen LogP contribution in [0.5, 0.6) is 0 Å². The van der Waals surface area contributed by atoms with Gasteiger partial charge < -0.3 is 5.32 Å². The van der Waals surface area contributed by atoms with Crippen LogP contribution in [0.2, 0.25) is 0 Å². The molecule has 1 fully saturated rings. The third-order valence-electron chi connectivity index (χ3n) is 4.45. The highest BCUT2D eigenvalue weighted by Gasteiger charge is 2.19. The summed E-state index contributed by atoms with van der Waals surface area (Å²) in [7, 11) is 0. The van der Waals surface area contributed by atoms with Crippen molar-refractivity contribution in [3.05, 3.63) is 35.9 Å². The highest BCUT2D eigenvalue weighted by atomic mass is 14.9. The Morgan fingerprint density at radius 1 is 1.11 bits per heavy atom. The molecule has 3 atom stereocenters. The van der Waals surface area contributed by atoms with Crippen molar-refractivity contribution in [1.82, 2.24) is 5.32 Å². The normalized spacial score (nSPS) is 26.6. The molecular formula is C17H27N. The number of nitrogens with one attached hydrogen (secondary N) is 1. The van der Waals surface area contributed by atoms with E-state index in [0.29, 0.717) is 6.04 Å². The second kappa shape index (κ2) is 6.94. The fraction of sp³-hybridized carbons (Fsp3) is 0.647. The molecule has 1 aliphatic carbocycles. The third kappa shape index (κ3) is 3.84. The predicted molar refractivity (Wildman–Crippen MR) is 78.6 cm³/mol. The van der Waals surface area contributed by atoms with Crippen LogP contribution in [0.4, 0.5) is 0 Å². The largest absolute Gasteiger partial charge is 0.307 e. The lowest BCUT2D eigenvalue weighted by atomic mass is 9.97. The standard InChI is InChI=1S/C17H27N/c1-3-15-8-7-11-17(13-12-15)18-14(2)16-9-5-4-6-10-16/h4-6,9-10,14-15,17-18H,3,7-8,11-13H2,1-2H3/t14-,15?,17?/m1/s1. The maximum Gasteiger partial charge on any atom is 0.0294 e. The molecule has 0 spiro atoms. The summed E-state index contributed by atoms with van der Waals surface area (Å²) in [5.74, 6) is 0.976. The zero-order valence-corrected chi connectivity index (χ0v) is 11.9. The van der Waals surface area contributed by atoms with Crippen molar-refractivity contribution in [3.63, 3.8) is 0 Å². The Morgan fingerprint density at radius 3 is 2.61 bits per heavy atom. The fourth-order valence-corrected chi connectivity index (χ4v) is 3.14. The predicted octanol–water partition coefficient (Wildman–Crippen LogP) is 4.70. The zero-order valence-electron chi connectivity index (χ0n) is 11.9. The molecule has 1 aliphatic rings. The molecule has 1 nitrogen and oxygen atoms in total. The summed E-state index contributed by atoms with van der Waals surface area (Å²) in [5.41, 5.74) is 1.41. The molecule has 2 rings (SSSR count). The summed E-state index contributed by atoms with van der Waals surface area (Å²) in [6.45, 7) is 4.63. The monoisotopic (exact) mass is 245 g/mol. The van der Waals surface area contributed by atoms with E-state index in [1.165, 1.54) is 44.1 Å². The molecule has 2 unspecified atom stereocenters. The van der Waals surface area contributed by atoms with Crippen LogP contribution in [0.25, 0.3) is 0 Å². The zero-order chi connectivity index (χ0) is 12.8. The summed E-state index contributed by atoms with van der Waals surface area (Å²) in [6, 6.07) is 12.0. The van der Waals surface area contributed by atoms with E-state index >= 15 is 0 Å². The van der Waals surface area contributed by atoms with E-state index in [4.69, 9.17) is 0 Å². The topological polar surface area (TPSA) is 12.0 Å². The van der Waals surface area contributed by atoms with E-state index in [0.717, 1.165) is 12.0 Å². The van der Waals surface area contributed by atoms with E-state index < -0.39 is 0 Å². The van der Waals surface area contributed by atoms with Crippen LogP contribution >= 0.6 is 0 Å². The van der Waals surface area contributed by atoms with Crippen molar-refractivity contribution in [3.8, 4) is 0 Å². The lowest BCUT2D eigenvalue weighted by Crippen LogP contribution is -2.31. The Kier molecular flexibility index (Phi) is 5.25. The third-order valence-corrected chi connectivity index (χ3v) is 4.45. The molecule has 18 heavy (non-hydrogen) atoms. The Labute approximate surface area is 112 Å². The van der Waals surface area contributed by atoms with Gasteiger partial charge in [0, 0.05) is 12.1 Å². The molecule has 0 heterocycles. The second-order valence-electron chi connectivity index (χ2n) is 5.78. The molecule has 1 heteroatoms. The average Bonchev–Trinajstić information content (AvgIpc) is 2.65. The molecule has 1 aromatic rings. The average molecular weight is 245 g/mol. The van der Waals surface area contributed by atoms with Gasteiger partial charge in [0.1, 0.15) is 0 Å². The highest BCUT2D eigenvalue weighted by Crippen LogP contribution is 2.26. The van der Waals surface area contributed by atoms with Crippen LogP contribution in [0.15, 0.2) is 30.3 Å². The maximum atomic E-state index is 3.82.